The van der Waals surface area contributed by atoms with Crippen molar-refractivity contribution in [3.8, 4) is 0 Å². The van der Waals surface area contributed by atoms with Crippen LogP contribution in [0.5, 0.6) is 0 Å². The number of hydrogen-bond acceptors (Lipinski definition) is 4. The molecule has 0 aliphatic heterocycles. The molecule has 0 saturated carbocycles. The van der Waals surface area contributed by atoms with Gasteiger partial charge in [0.15, 0.2) is 5.58 Å². The highest BCUT2D eigenvalue weighted by Crippen LogP contribution is 2.23. The molecule has 140 valence electrons. The molecule has 1 aromatic heterocycles. The lowest BCUT2D eigenvalue weighted by Crippen LogP contribution is -2.20. The van der Waals surface area contributed by atoms with Crippen molar-refractivity contribution in [1.29, 1.82) is 0 Å². The molecule has 0 aliphatic rings. The zero-order chi connectivity index (χ0) is 17.9. The zero-order valence-electron chi connectivity index (χ0n) is 15.8. The molecule has 4 nitrogen and oxygen atoms in total. The van der Waals surface area contributed by atoms with E-state index in [1.165, 1.54) is 69.8 Å². The Bertz CT molecular complexity index is 608. The van der Waals surface area contributed by atoms with Gasteiger partial charge in [-0.05, 0) is 24.5 Å². The fourth-order valence-electron chi connectivity index (χ4n) is 3.29. The number of fused-ring (bicyclic) bond motifs is 1. The first kappa shape index (κ1) is 19.9. The number of nitrogens with zero attached hydrogens (tertiary/aromatic N) is 1. The third kappa shape index (κ3) is 6.44. The Labute approximate surface area is 152 Å². The molecule has 0 aliphatic carbocycles. The minimum Gasteiger partial charge on any atom is -0.439 e. The maximum atomic E-state index is 5.93. The van der Waals surface area contributed by atoms with Gasteiger partial charge in [0.1, 0.15) is 5.52 Å². The molecule has 2 aromatic rings. The molecule has 0 amide bonds. The summed E-state index contributed by atoms with van der Waals surface area (Å²) in [6.07, 6.45) is 14.6. The van der Waals surface area contributed by atoms with E-state index in [0.29, 0.717) is 12.4 Å². The van der Waals surface area contributed by atoms with Crippen molar-refractivity contribution in [2.24, 2.45) is 11.5 Å². The number of rotatable bonds is 13. The van der Waals surface area contributed by atoms with Crippen molar-refractivity contribution in [3.63, 3.8) is 0 Å². The molecule has 0 saturated heterocycles. The molecule has 1 atom stereocenters. The number of para-hydroxylation sites is 1. The number of unbranched alkanes of at least 4 members (excludes halogenated alkanes) is 9. The van der Waals surface area contributed by atoms with Crippen LogP contribution in [-0.2, 0) is 6.42 Å². The molecule has 1 aromatic carbocycles. The summed E-state index contributed by atoms with van der Waals surface area (Å²) in [5.41, 5.74) is 14.6. The van der Waals surface area contributed by atoms with Crippen molar-refractivity contribution in [2.45, 2.75) is 83.6 Å². The van der Waals surface area contributed by atoms with E-state index in [-0.39, 0.29) is 6.04 Å². The number of hydrogen-bond donors (Lipinski definition) is 2. The molecule has 0 radical (unpaired) electrons. The Morgan fingerprint density at radius 1 is 0.960 bits per heavy atom. The van der Waals surface area contributed by atoms with Crippen LogP contribution in [0.15, 0.2) is 22.6 Å². The molecule has 2 rings (SSSR count). The van der Waals surface area contributed by atoms with Crippen LogP contribution < -0.4 is 11.5 Å². The first-order valence-corrected chi connectivity index (χ1v) is 10.1. The van der Waals surface area contributed by atoms with Gasteiger partial charge in [-0.15, -0.1) is 0 Å². The summed E-state index contributed by atoms with van der Waals surface area (Å²) in [5, 5.41) is 0. The van der Waals surface area contributed by atoms with Crippen molar-refractivity contribution in [3.05, 3.63) is 29.7 Å². The molecular weight excluding hydrogens is 310 g/mol. The van der Waals surface area contributed by atoms with Crippen molar-refractivity contribution in [1.82, 2.24) is 4.98 Å². The molecule has 0 bridgehead atoms. The Hall–Kier alpha value is -1.39. The molecule has 4 N–H and O–H groups in total. The fraction of sp³-hybridized carbons (Fsp3) is 0.667. The molecule has 1 unspecified atom stereocenters. The Balaban J connectivity index is 1.70. The van der Waals surface area contributed by atoms with Gasteiger partial charge < -0.3 is 15.9 Å². The molecule has 4 heteroatoms. The second-order valence-electron chi connectivity index (χ2n) is 7.09. The van der Waals surface area contributed by atoms with E-state index in [1.54, 1.807) is 0 Å². The van der Waals surface area contributed by atoms with Gasteiger partial charge in [0.25, 0.3) is 0 Å². The summed E-state index contributed by atoms with van der Waals surface area (Å²) in [5.74, 6) is 0.549. The minimum atomic E-state index is -0.322. The number of aryl methyl sites for hydroxylation is 1. The SMILES string of the molecule is CCCCCCCCCCCCc1cccc2oc(C(N)CN)nc12. The van der Waals surface area contributed by atoms with E-state index in [0.717, 1.165) is 17.5 Å². The van der Waals surface area contributed by atoms with Crippen LogP contribution in [0.4, 0.5) is 0 Å². The average Bonchev–Trinajstić information content (AvgIpc) is 3.07. The van der Waals surface area contributed by atoms with Crippen LogP contribution in [0.1, 0.15) is 88.6 Å². The number of aromatic nitrogens is 1. The van der Waals surface area contributed by atoms with E-state index in [4.69, 9.17) is 15.9 Å². The maximum Gasteiger partial charge on any atom is 0.213 e. The summed E-state index contributed by atoms with van der Waals surface area (Å²) in [7, 11) is 0. The van der Waals surface area contributed by atoms with Gasteiger partial charge in [0.2, 0.25) is 5.89 Å². The van der Waals surface area contributed by atoms with Gasteiger partial charge >= 0.3 is 0 Å². The summed E-state index contributed by atoms with van der Waals surface area (Å²) >= 11 is 0. The van der Waals surface area contributed by atoms with Gasteiger partial charge in [-0.2, -0.15) is 0 Å². The van der Waals surface area contributed by atoms with Gasteiger partial charge in [-0.1, -0.05) is 76.8 Å². The van der Waals surface area contributed by atoms with Gasteiger partial charge in [0.05, 0.1) is 6.04 Å². The average molecular weight is 346 g/mol. The fourth-order valence-corrected chi connectivity index (χ4v) is 3.29. The second-order valence-corrected chi connectivity index (χ2v) is 7.09. The van der Waals surface area contributed by atoms with Crippen molar-refractivity contribution >= 4 is 11.1 Å². The monoisotopic (exact) mass is 345 g/mol. The highest BCUT2D eigenvalue weighted by atomic mass is 16.3. The first-order valence-electron chi connectivity index (χ1n) is 10.1. The van der Waals surface area contributed by atoms with Crippen LogP contribution >= 0.6 is 0 Å². The summed E-state index contributed by atoms with van der Waals surface area (Å²) in [4.78, 5) is 4.58. The number of oxazole rings is 1. The van der Waals surface area contributed by atoms with E-state index >= 15 is 0 Å². The van der Waals surface area contributed by atoms with E-state index in [1.807, 2.05) is 12.1 Å². The predicted octanol–water partition coefficient (Wildman–Crippen LogP) is 5.25. The smallest absolute Gasteiger partial charge is 0.213 e. The predicted molar refractivity (Wildman–Crippen MR) is 106 cm³/mol. The summed E-state index contributed by atoms with van der Waals surface area (Å²) < 4.78 is 5.74. The lowest BCUT2D eigenvalue weighted by Gasteiger charge is -2.03. The largest absolute Gasteiger partial charge is 0.439 e. The van der Waals surface area contributed by atoms with Crippen molar-refractivity contribution < 1.29 is 4.42 Å². The summed E-state index contributed by atoms with van der Waals surface area (Å²) in [6, 6.07) is 5.82. The van der Waals surface area contributed by atoms with Crippen LogP contribution in [0.2, 0.25) is 0 Å². The van der Waals surface area contributed by atoms with E-state index < -0.39 is 0 Å². The van der Waals surface area contributed by atoms with E-state index in [2.05, 4.69) is 18.0 Å². The van der Waals surface area contributed by atoms with Crippen molar-refractivity contribution in [2.75, 3.05) is 6.54 Å². The molecule has 1 heterocycles. The number of benzene rings is 1. The second kappa shape index (κ2) is 11.3. The highest BCUT2D eigenvalue weighted by Gasteiger charge is 2.14. The minimum absolute atomic E-state index is 0.322. The lowest BCUT2D eigenvalue weighted by atomic mass is 10.0. The zero-order valence-corrected chi connectivity index (χ0v) is 15.8. The van der Waals surface area contributed by atoms with Crippen LogP contribution in [0.3, 0.4) is 0 Å². The quantitative estimate of drug-likeness (QED) is 0.486. The van der Waals surface area contributed by atoms with Gasteiger partial charge in [0, 0.05) is 6.54 Å². The lowest BCUT2D eigenvalue weighted by molar-refractivity contribution is 0.480. The molecule has 25 heavy (non-hydrogen) atoms. The molecule has 0 fully saturated rings. The number of nitrogens with two attached hydrogens (primary N) is 2. The first-order chi connectivity index (χ1) is 12.3. The highest BCUT2D eigenvalue weighted by molar-refractivity contribution is 5.76. The third-order valence-electron chi connectivity index (χ3n) is 4.89. The Morgan fingerprint density at radius 2 is 1.60 bits per heavy atom. The van der Waals surface area contributed by atoms with E-state index in [9.17, 15) is 0 Å². The Kier molecular flexibility index (Phi) is 8.98. The Morgan fingerprint density at radius 3 is 2.24 bits per heavy atom. The summed E-state index contributed by atoms with van der Waals surface area (Å²) in [6.45, 7) is 2.62. The van der Waals surface area contributed by atoms with Crippen LogP contribution in [0, 0.1) is 0 Å². The standard InChI is InChI=1S/C21H35N3O/c1-2-3-4-5-6-7-8-9-10-11-13-17-14-12-15-19-20(17)24-21(25-19)18(23)16-22/h12,14-15,18H,2-11,13,16,22-23H2,1H3. The van der Waals surface area contributed by atoms with Gasteiger partial charge in [-0.3, -0.25) is 0 Å². The third-order valence-corrected chi connectivity index (χ3v) is 4.89. The van der Waals surface area contributed by atoms with Crippen LogP contribution in [-0.4, -0.2) is 11.5 Å². The van der Waals surface area contributed by atoms with Gasteiger partial charge in [-0.25, -0.2) is 4.98 Å². The van der Waals surface area contributed by atoms with Crippen LogP contribution in [0.25, 0.3) is 11.1 Å². The maximum absolute atomic E-state index is 5.93. The molecular formula is C21H35N3O. The topological polar surface area (TPSA) is 78.1 Å². The molecule has 0 spiro atoms. The normalized spacial score (nSPS) is 12.8.